The Morgan fingerprint density at radius 1 is 1.19 bits per heavy atom. The first-order valence-electron chi connectivity index (χ1n) is 7.51. The lowest BCUT2D eigenvalue weighted by Gasteiger charge is -2.27. The lowest BCUT2D eigenvalue weighted by atomic mass is 9.86. The second-order valence-corrected chi connectivity index (χ2v) is 5.52. The third kappa shape index (κ3) is 6.01. The molecule has 1 aliphatic rings. The predicted molar refractivity (Wildman–Crippen MR) is 77.8 cm³/mol. The molecule has 1 unspecified atom stereocenters. The van der Waals surface area contributed by atoms with E-state index in [1.807, 2.05) is 6.92 Å². The Balaban J connectivity index is 2.28. The van der Waals surface area contributed by atoms with Crippen molar-refractivity contribution in [3.05, 3.63) is 0 Å². The zero-order valence-electron chi connectivity index (χ0n) is 12.6. The van der Waals surface area contributed by atoms with E-state index in [1.165, 1.54) is 0 Å². The number of carbonyl (C=O) groups is 3. The summed E-state index contributed by atoms with van der Waals surface area (Å²) in [6.07, 6.45) is 3.30. The SMILES string of the molecule is CCCNC(=O)C(C)NC(=O)NC1CCC(C(=O)O)CC1. The van der Waals surface area contributed by atoms with Crippen molar-refractivity contribution in [1.82, 2.24) is 16.0 Å². The van der Waals surface area contributed by atoms with E-state index in [9.17, 15) is 14.4 Å². The van der Waals surface area contributed by atoms with Gasteiger partial charge in [0.1, 0.15) is 6.04 Å². The highest BCUT2D eigenvalue weighted by molar-refractivity contribution is 5.86. The van der Waals surface area contributed by atoms with Gasteiger partial charge in [0.05, 0.1) is 5.92 Å². The minimum Gasteiger partial charge on any atom is -0.481 e. The van der Waals surface area contributed by atoms with E-state index in [0.717, 1.165) is 6.42 Å². The highest BCUT2D eigenvalue weighted by atomic mass is 16.4. The number of carboxylic acid groups (broad SMARTS) is 1. The van der Waals surface area contributed by atoms with Crippen molar-refractivity contribution < 1.29 is 19.5 Å². The molecule has 0 aromatic rings. The molecule has 0 aromatic heterocycles. The summed E-state index contributed by atoms with van der Waals surface area (Å²) in [5, 5.41) is 17.0. The second kappa shape index (κ2) is 8.49. The van der Waals surface area contributed by atoms with Crippen LogP contribution in [-0.4, -0.2) is 41.6 Å². The Kier molecular flexibility index (Phi) is 6.98. The molecule has 1 atom stereocenters. The normalized spacial score (nSPS) is 23.0. The maximum absolute atomic E-state index is 11.8. The van der Waals surface area contributed by atoms with E-state index >= 15 is 0 Å². The summed E-state index contributed by atoms with van der Waals surface area (Å²) in [5.74, 6) is -1.27. The van der Waals surface area contributed by atoms with Gasteiger partial charge in [-0.15, -0.1) is 0 Å². The van der Waals surface area contributed by atoms with Gasteiger partial charge >= 0.3 is 12.0 Å². The van der Waals surface area contributed by atoms with E-state index < -0.39 is 12.0 Å². The smallest absolute Gasteiger partial charge is 0.315 e. The summed E-state index contributed by atoms with van der Waals surface area (Å²) in [4.78, 5) is 34.3. The van der Waals surface area contributed by atoms with Crippen LogP contribution in [0.1, 0.15) is 46.0 Å². The zero-order chi connectivity index (χ0) is 15.8. The van der Waals surface area contributed by atoms with Crippen molar-refractivity contribution in [2.75, 3.05) is 6.54 Å². The third-order valence-corrected chi connectivity index (χ3v) is 3.70. The quantitative estimate of drug-likeness (QED) is 0.583. The number of hydrogen-bond acceptors (Lipinski definition) is 3. The third-order valence-electron chi connectivity index (χ3n) is 3.70. The van der Waals surface area contributed by atoms with Gasteiger partial charge in [0, 0.05) is 12.6 Å². The van der Waals surface area contributed by atoms with Gasteiger partial charge in [-0.2, -0.15) is 0 Å². The maximum atomic E-state index is 11.8. The van der Waals surface area contributed by atoms with E-state index in [0.29, 0.717) is 32.2 Å². The highest BCUT2D eigenvalue weighted by Gasteiger charge is 2.27. The Morgan fingerprint density at radius 2 is 1.81 bits per heavy atom. The van der Waals surface area contributed by atoms with E-state index in [4.69, 9.17) is 5.11 Å². The lowest BCUT2D eigenvalue weighted by Crippen LogP contribution is -2.51. The molecule has 1 aliphatic carbocycles. The van der Waals surface area contributed by atoms with Crippen LogP contribution in [0.25, 0.3) is 0 Å². The highest BCUT2D eigenvalue weighted by Crippen LogP contribution is 2.24. The first-order valence-corrected chi connectivity index (χ1v) is 7.51. The lowest BCUT2D eigenvalue weighted by molar-refractivity contribution is -0.142. The van der Waals surface area contributed by atoms with Crippen molar-refractivity contribution in [3.8, 4) is 0 Å². The molecule has 0 bridgehead atoms. The summed E-state index contributed by atoms with van der Waals surface area (Å²) in [6.45, 7) is 4.18. The molecular formula is C14H25N3O4. The molecule has 0 aromatic carbocycles. The van der Waals surface area contributed by atoms with Crippen molar-refractivity contribution in [2.24, 2.45) is 5.92 Å². The number of carboxylic acids is 1. The molecule has 7 nitrogen and oxygen atoms in total. The molecule has 0 aliphatic heterocycles. The largest absolute Gasteiger partial charge is 0.481 e. The second-order valence-electron chi connectivity index (χ2n) is 5.52. The van der Waals surface area contributed by atoms with Crippen LogP contribution in [-0.2, 0) is 9.59 Å². The van der Waals surface area contributed by atoms with E-state index in [1.54, 1.807) is 6.92 Å². The Labute approximate surface area is 124 Å². The van der Waals surface area contributed by atoms with Crippen molar-refractivity contribution in [1.29, 1.82) is 0 Å². The summed E-state index contributed by atoms with van der Waals surface area (Å²) in [7, 11) is 0. The summed E-state index contributed by atoms with van der Waals surface area (Å²) < 4.78 is 0. The molecule has 1 saturated carbocycles. The van der Waals surface area contributed by atoms with Crippen LogP contribution in [0.15, 0.2) is 0 Å². The molecule has 120 valence electrons. The number of hydrogen-bond donors (Lipinski definition) is 4. The molecule has 7 heteroatoms. The fourth-order valence-corrected chi connectivity index (χ4v) is 2.38. The fraction of sp³-hybridized carbons (Fsp3) is 0.786. The van der Waals surface area contributed by atoms with Gasteiger partial charge in [-0.3, -0.25) is 9.59 Å². The number of rotatable bonds is 6. The fourth-order valence-electron chi connectivity index (χ4n) is 2.38. The Bertz CT molecular complexity index is 378. The molecule has 21 heavy (non-hydrogen) atoms. The van der Waals surface area contributed by atoms with E-state index in [-0.39, 0.29) is 23.9 Å². The molecule has 0 spiro atoms. The summed E-state index contributed by atoms with van der Waals surface area (Å²) >= 11 is 0. The maximum Gasteiger partial charge on any atom is 0.315 e. The zero-order valence-corrected chi connectivity index (χ0v) is 12.6. The van der Waals surface area contributed by atoms with Gasteiger partial charge in [-0.1, -0.05) is 6.92 Å². The first kappa shape index (κ1) is 17.3. The summed E-state index contributed by atoms with van der Waals surface area (Å²) in [6, 6.07) is -0.994. The number of nitrogens with one attached hydrogen (secondary N) is 3. The van der Waals surface area contributed by atoms with Crippen LogP contribution in [0.2, 0.25) is 0 Å². The number of aliphatic carboxylic acids is 1. The van der Waals surface area contributed by atoms with Crippen LogP contribution < -0.4 is 16.0 Å². The van der Waals surface area contributed by atoms with Crippen molar-refractivity contribution >= 4 is 17.9 Å². The van der Waals surface area contributed by atoms with Crippen LogP contribution in [0.5, 0.6) is 0 Å². The van der Waals surface area contributed by atoms with Gasteiger partial charge in [0.25, 0.3) is 0 Å². The number of carbonyl (C=O) groups excluding carboxylic acids is 2. The molecule has 0 saturated heterocycles. The molecule has 1 rings (SSSR count). The average molecular weight is 299 g/mol. The summed E-state index contributed by atoms with van der Waals surface area (Å²) in [5.41, 5.74) is 0. The van der Waals surface area contributed by atoms with Crippen LogP contribution in [0, 0.1) is 5.92 Å². The monoisotopic (exact) mass is 299 g/mol. The Hall–Kier alpha value is -1.79. The van der Waals surface area contributed by atoms with Gasteiger partial charge in [-0.05, 0) is 39.0 Å². The van der Waals surface area contributed by atoms with Crippen molar-refractivity contribution in [3.63, 3.8) is 0 Å². The van der Waals surface area contributed by atoms with E-state index in [2.05, 4.69) is 16.0 Å². The molecule has 0 heterocycles. The topological polar surface area (TPSA) is 108 Å². The predicted octanol–water partition coefficient (Wildman–Crippen LogP) is 0.844. The average Bonchev–Trinajstić information content (AvgIpc) is 2.45. The van der Waals surface area contributed by atoms with Gasteiger partial charge in [0.2, 0.25) is 5.91 Å². The number of amides is 3. The number of urea groups is 1. The first-order chi connectivity index (χ1) is 9.93. The van der Waals surface area contributed by atoms with Crippen LogP contribution in [0.3, 0.4) is 0 Å². The molecule has 3 amide bonds. The molecule has 0 radical (unpaired) electrons. The minimum absolute atomic E-state index is 0.0218. The van der Waals surface area contributed by atoms with Crippen LogP contribution in [0.4, 0.5) is 4.79 Å². The standard InChI is InChI=1S/C14H25N3O4/c1-3-8-15-12(18)9(2)16-14(21)17-11-6-4-10(5-7-11)13(19)20/h9-11H,3-8H2,1-2H3,(H,15,18)(H,19,20)(H2,16,17,21). The Morgan fingerprint density at radius 3 is 2.33 bits per heavy atom. The minimum atomic E-state index is -0.765. The molecule has 4 N–H and O–H groups in total. The van der Waals surface area contributed by atoms with Gasteiger partial charge in [0.15, 0.2) is 0 Å². The van der Waals surface area contributed by atoms with Crippen molar-refractivity contribution in [2.45, 2.75) is 58.0 Å². The molecule has 1 fully saturated rings. The molecular weight excluding hydrogens is 274 g/mol. The van der Waals surface area contributed by atoms with Gasteiger partial charge in [-0.25, -0.2) is 4.79 Å². The van der Waals surface area contributed by atoms with Crippen LogP contribution >= 0.6 is 0 Å². The van der Waals surface area contributed by atoms with Gasteiger partial charge < -0.3 is 21.1 Å².